The van der Waals surface area contributed by atoms with Gasteiger partial charge in [0.15, 0.2) is 0 Å². The maximum Gasteiger partial charge on any atom is 0.410 e. The summed E-state index contributed by atoms with van der Waals surface area (Å²) >= 11 is 3.54. The minimum Gasteiger partial charge on any atom is -0.444 e. The number of carbonyl (C=O) groups excluding carboxylic acids is 1. The molecule has 0 atom stereocenters. The minimum atomic E-state index is -0.505. The molecular formula is C20H23BrN4O3. The summed E-state index contributed by atoms with van der Waals surface area (Å²) in [6.45, 7) is 6.79. The van der Waals surface area contributed by atoms with Gasteiger partial charge >= 0.3 is 6.09 Å². The number of benzene rings is 1. The Morgan fingerprint density at radius 3 is 2.68 bits per heavy atom. The first-order valence-electron chi connectivity index (χ1n) is 9.41. The highest BCUT2D eigenvalue weighted by Gasteiger charge is 2.29. The first-order chi connectivity index (χ1) is 13.2. The highest BCUT2D eigenvalue weighted by Crippen LogP contribution is 2.31. The van der Waals surface area contributed by atoms with Gasteiger partial charge in [-0.25, -0.2) is 9.31 Å². The van der Waals surface area contributed by atoms with Crippen molar-refractivity contribution in [2.24, 2.45) is 0 Å². The van der Waals surface area contributed by atoms with Crippen molar-refractivity contribution < 1.29 is 9.53 Å². The van der Waals surface area contributed by atoms with E-state index in [9.17, 15) is 9.59 Å². The van der Waals surface area contributed by atoms with Crippen molar-refractivity contribution in [3.05, 3.63) is 44.8 Å². The van der Waals surface area contributed by atoms with Gasteiger partial charge in [-0.15, -0.1) is 0 Å². The summed E-state index contributed by atoms with van der Waals surface area (Å²) in [6.07, 6.45) is 1.24. The van der Waals surface area contributed by atoms with Crippen LogP contribution in [0.1, 0.15) is 45.2 Å². The molecule has 0 unspecified atom stereocenters. The maximum atomic E-state index is 12.3. The molecule has 1 saturated heterocycles. The molecule has 0 radical (unpaired) electrons. The molecule has 2 aromatic heterocycles. The molecule has 1 N–H and O–H groups in total. The fraction of sp³-hybridized carbons (Fsp3) is 0.450. The first kappa shape index (κ1) is 19.0. The van der Waals surface area contributed by atoms with Crippen molar-refractivity contribution in [1.82, 2.24) is 19.5 Å². The van der Waals surface area contributed by atoms with Gasteiger partial charge in [-0.1, -0.05) is 6.07 Å². The molecule has 3 aromatic rings. The number of halogens is 1. The highest BCUT2D eigenvalue weighted by molar-refractivity contribution is 9.10. The summed E-state index contributed by atoms with van der Waals surface area (Å²) in [5.74, 6) is 0.150. The lowest BCUT2D eigenvalue weighted by atomic mass is 9.93. The van der Waals surface area contributed by atoms with Crippen LogP contribution in [0.15, 0.2) is 33.5 Å². The molecule has 1 aliphatic rings. The molecule has 8 heteroatoms. The normalized spacial score (nSPS) is 16.1. The topological polar surface area (TPSA) is 79.7 Å². The van der Waals surface area contributed by atoms with E-state index in [4.69, 9.17) is 9.84 Å². The van der Waals surface area contributed by atoms with E-state index in [0.29, 0.717) is 18.7 Å². The van der Waals surface area contributed by atoms with Gasteiger partial charge in [-0.05, 0) is 61.7 Å². The van der Waals surface area contributed by atoms with Crippen LogP contribution < -0.4 is 5.56 Å². The molecule has 0 saturated carbocycles. The molecule has 1 amide bonds. The Kier molecular flexibility index (Phi) is 4.69. The van der Waals surface area contributed by atoms with Gasteiger partial charge in [0.05, 0.1) is 5.69 Å². The number of aromatic amines is 1. The number of fused-ring (bicyclic) bond motifs is 3. The van der Waals surface area contributed by atoms with E-state index in [1.165, 1.54) is 0 Å². The summed E-state index contributed by atoms with van der Waals surface area (Å²) in [5.41, 5.74) is 1.75. The van der Waals surface area contributed by atoms with Crippen LogP contribution >= 0.6 is 15.9 Å². The molecule has 28 heavy (non-hydrogen) atoms. The number of likely N-dealkylation sites (tertiary alicyclic amines) is 1. The second-order valence-corrected chi connectivity index (χ2v) is 9.05. The average molecular weight is 447 g/mol. The Morgan fingerprint density at radius 1 is 1.29 bits per heavy atom. The molecule has 148 valence electrons. The lowest BCUT2D eigenvalue weighted by Crippen LogP contribution is -2.41. The Balaban J connectivity index is 1.64. The number of carbonyl (C=O) groups is 1. The second kappa shape index (κ2) is 6.92. The molecule has 1 aromatic carbocycles. The van der Waals surface area contributed by atoms with E-state index >= 15 is 0 Å². The number of aromatic nitrogens is 3. The standard InChI is InChI=1S/C20H23BrN4O3/c1-20(2,3)28-19(27)24-9-7-12(8-10-24)15-11-16(26)22-18-13-5-4-6-14(21)17(13)23-25(15)18/h4-6,11-12H,7-10H2,1-3H3,(H,22,26). The molecule has 0 bridgehead atoms. The van der Waals surface area contributed by atoms with Gasteiger partial charge in [0, 0.05) is 34.9 Å². The summed E-state index contributed by atoms with van der Waals surface area (Å²) < 4.78 is 8.20. The van der Waals surface area contributed by atoms with E-state index in [0.717, 1.165) is 33.9 Å². The highest BCUT2D eigenvalue weighted by atomic mass is 79.9. The smallest absolute Gasteiger partial charge is 0.410 e. The molecular weight excluding hydrogens is 424 g/mol. The third-order valence-corrected chi connectivity index (χ3v) is 5.62. The van der Waals surface area contributed by atoms with E-state index in [1.54, 1.807) is 11.0 Å². The zero-order chi connectivity index (χ0) is 20.1. The predicted octanol–water partition coefficient (Wildman–Crippen LogP) is 4.05. The summed E-state index contributed by atoms with van der Waals surface area (Å²) in [5, 5.41) is 5.63. The van der Waals surface area contributed by atoms with Crippen molar-refractivity contribution in [1.29, 1.82) is 0 Å². The van der Waals surface area contributed by atoms with Crippen molar-refractivity contribution in [3.63, 3.8) is 0 Å². The van der Waals surface area contributed by atoms with Crippen molar-refractivity contribution in [3.8, 4) is 0 Å². The van der Waals surface area contributed by atoms with Crippen LogP contribution in [0, 0.1) is 0 Å². The number of nitrogens with zero attached hydrogens (tertiary/aromatic N) is 3. The summed E-state index contributed by atoms with van der Waals surface area (Å²) in [7, 11) is 0. The maximum absolute atomic E-state index is 12.3. The molecule has 0 aliphatic carbocycles. The number of ether oxygens (including phenoxy) is 1. The van der Waals surface area contributed by atoms with Crippen LogP contribution in [0.5, 0.6) is 0 Å². The Labute approximate surface area is 170 Å². The van der Waals surface area contributed by atoms with Crippen molar-refractivity contribution in [2.75, 3.05) is 13.1 Å². The van der Waals surface area contributed by atoms with Gasteiger partial charge < -0.3 is 14.6 Å². The third-order valence-electron chi connectivity index (χ3n) is 4.98. The number of hydrogen-bond acceptors (Lipinski definition) is 4. The fourth-order valence-corrected chi connectivity index (χ4v) is 4.15. The largest absolute Gasteiger partial charge is 0.444 e. The fourth-order valence-electron chi connectivity index (χ4n) is 3.70. The zero-order valence-corrected chi connectivity index (χ0v) is 17.7. The Hall–Kier alpha value is -2.35. The molecule has 1 aliphatic heterocycles. The van der Waals surface area contributed by atoms with Crippen LogP contribution in [-0.2, 0) is 4.74 Å². The second-order valence-electron chi connectivity index (χ2n) is 8.20. The van der Waals surface area contributed by atoms with E-state index in [1.807, 2.05) is 43.5 Å². The number of H-pyrrole nitrogens is 1. The molecule has 7 nitrogen and oxygen atoms in total. The predicted molar refractivity (Wildman–Crippen MR) is 111 cm³/mol. The zero-order valence-electron chi connectivity index (χ0n) is 16.2. The van der Waals surface area contributed by atoms with E-state index in [2.05, 4.69) is 20.9 Å². The number of piperidine rings is 1. The van der Waals surface area contributed by atoms with Crippen LogP contribution in [-0.4, -0.2) is 44.3 Å². The lowest BCUT2D eigenvalue weighted by Gasteiger charge is -2.33. The van der Waals surface area contributed by atoms with Gasteiger partial charge in [0.25, 0.3) is 5.56 Å². The number of hydrogen-bond donors (Lipinski definition) is 1. The monoisotopic (exact) mass is 446 g/mol. The van der Waals surface area contributed by atoms with Crippen LogP contribution in [0.2, 0.25) is 0 Å². The first-order valence-corrected chi connectivity index (χ1v) is 10.2. The van der Waals surface area contributed by atoms with Gasteiger partial charge in [-0.2, -0.15) is 5.10 Å². The van der Waals surface area contributed by atoms with Crippen molar-refractivity contribution >= 4 is 38.6 Å². The Bertz CT molecular complexity index is 1100. The number of nitrogens with one attached hydrogen (secondary N) is 1. The summed E-state index contributed by atoms with van der Waals surface area (Å²) in [6, 6.07) is 7.44. The average Bonchev–Trinajstić information content (AvgIpc) is 3.00. The third kappa shape index (κ3) is 3.53. The lowest BCUT2D eigenvalue weighted by molar-refractivity contribution is 0.0203. The van der Waals surface area contributed by atoms with Gasteiger partial charge in [0.2, 0.25) is 0 Å². The Morgan fingerprint density at radius 2 is 2.00 bits per heavy atom. The molecule has 3 heterocycles. The number of rotatable bonds is 1. The number of amides is 1. The van der Waals surface area contributed by atoms with E-state index in [-0.39, 0.29) is 17.6 Å². The van der Waals surface area contributed by atoms with Crippen LogP contribution in [0.3, 0.4) is 0 Å². The van der Waals surface area contributed by atoms with Gasteiger partial charge in [-0.3, -0.25) is 4.79 Å². The molecule has 4 rings (SSSR count). The van der Waals surface area contributed by atoms with Crippen LogP contribution in [0.25, 0.3) is 16.6 Å². The van der Waals surface area contributed by atoms with Crippen LogP contribution in [0.4, 0.5) is 4.79 Å². The SMILES string of the molecule is CC(C)(C)OC(=O)N1CCC(c2cc(=O)[nH]c3c4cccc(Br)c4nn23)CC1. The van der Waals surface area contributed by atoms with Crippen molar-refractivity contribution in [2.45, 2.75) is 45.1 Å². The summed E-state index contributed by atoms with van der Waals surface area (Å²) in [4.78, 5) is 29.3. The molecule has 0 spiro atoms. The quantitative estimate of drug-likeness (QED) is 0.611. The molecule has 1 fully saturated rings. The minimum absolute atomic E-state index is 0.140. The van der Waals surface area contributed by atoms with Gasteiger partial charge in [0.1, 0.15) is 16.8 Å². The van der Waals surface area contributed by atoms with E-state index < -0.39 is 5.60 Å².